The lowest BCUT2D eigenvalue weighted by atomic mass is 9.97. The van der Waals surface area contributed by atoms with Crippen LogP contribution in [-0.2, 0) is 16.0 Å². The Labute approximate surface area is 165 Å². The summed E-state index contributed by atoms with van der Waals surface area (Å²) < 4.78 is 6.10. The molecule has 2 aromatic rings. The van der Waals surface area contributed by atoms with Crippen LogP contribution in [0.4, 0.5) is 5.69 Å². The molecule has 1 fully saturated rings. The van der Waals surface area contributed by atoms with Crippen LogP contribution in [0.1, 0.15) is 31.7 Å². The third-order valence-electron chi connectivity index (χ3n) is 5.57. The molecular weight excluding hydrogens is 354 g/mol. The van der Waals surface area contributed by atoms with Crippen LogP contribution < -0.4 is 9.64 Å². The van der Waals surface area contributed by atoms with Gasteiger partial charge in [0.15, 0.2) is 0 Å². The summed E-state index contributed by atoms with van der Waals surface area (Å²) >= 11 is 0. The molecule has 1 aromatic carbocycles. The lowest BCUT2D eigenvalue weighted by Crippen LogP contribution is -2.30. The number of nitrogens with zero attached hydrogens (tertiary/aromatic N) is 3. The number of ether oxygens (including phenoxy) is 1. The highest BCUT2D eigenvalue weighted by atomic mass is 16.5. The number of amides is 2. The molecule has 2 aliphatic heterocycles. The first-order valence-electron chi connectivity index (χ1n) is 9.84. The largest absolute Gasteiger partial charge is 0.487 e. The molecule has 0 N–H and O–H groups in total. The smallest absolute Gasteiger partial charge is 0.227 e. The van der Waals surface area contributed by atoms with Gasteiger partial charge in [-0.2, -0.15) is 0 Å². The van der Waals surface area contributed by atoms with E-state index in [2.05, 4.69) is 11.1 Å². The van der Waals surface area contributed by atoms with Gasteiger partial charge >= 0.3 is 0 Å². The number of aryl methyl sites for hydroxylation is 1. The second-order valence-electron chi connectivity index (χ2n) is 7.43. The van der Waals surface area contributed by atoms with Crippen molar-refractivity contribution in [2.24, 2.45) is 0 Å². The molecule has 0 saturated carbocycles. The fourth-order valence-corrected chi connectivity index (χ4v) is 3.94. The molecule has 2 aliphatic rings. The van der Waals surface area contributed by atoms with Crippen molar-refractivity contribution in [3.8, 4) is 16.9 Å². The number of aromatic nitrogens is 1. The highest BCUT2D eigenvalue weighted by Crippen LogP contribution is 2.32. The van der Waals surface area contributed by atoms with Gasteiger partial charge in [0.2, 0.25) is 11.8 Å². The van der Waals surface area contributed by atoms with Gasteiger partial charge in [-0.1, -0.05) is 13.0 Å². The monoisotopic (exact) mass is 379 g/mol. The average molecular weight is 379 g/mol. The molecule has 146 valence electrons. The second kappa shape index (κ2) is 7.62. The van der Waals surface area contributed by atoms with Gasteiger partial charge in [-0.25, -0.2) is 0 Å². The fraction of sp³-hybridized carbons (Fsp3) is 0.409. The van der Waals surface area contributed by atoms with Gasteiger partial charge in [0.25, 0.3) is 0 Å². The normalized spacial score (nSPS) is 18.9. The van der Waals surface area contributed by atoms with Crippen molar-refractivity contribution in [1.29, 1.82) is 0 Å². The minimum Gasteiger partial charge on any atom is -0.487 e. The van der Waals surface area contributed by atoms with Crippen molar-refractivity contribution in [2.75, 3.05) is 25.0 Å². The first-order valence-corrected chi connectivity index (χ1v) is 9.84. The standard InChI is InChI=1S/C22H25N3O3/c1-3-21(26)25-9-8-18(14-25)28-19-11-17(12-23-13-19)15-4-6-20-16(10-15)5-7-22(27)24(20)2/h4,6,10-13,18H,3,5,7-9,14H2,1-2H3/t18-/m1/s1. The highest BCUT2D eigenvalue weighted by molar-refractivity contribution is 5.96. The topological polar surface area (TPSA) is 62.7 Å². The van der Waals surface area contributed by atoms with Gasteiger partial charge in [-0.15, -0.1) is 0 Å². The molecule has 0 bridgehead atoms. The lowest BCUT2D eigenvalue weighted by Gasteiger charge is -2.26. The zero-order chi connectivity index (χ0) is 19.7. The predicted molar refractivity (Wildman–Crippen MR) is 107 cm³/mol. The Bertz CT molecular complexity index is 912. The number of fused-ring (bicyclic) bond motifs is 1. The van der Waals surface area contributed by atoms with Gasteiger partial charge in [0.1, 0.15) is 11.9 Å². The zero-order valence-corrected chi connectivity index (χ0v) is 16.4. The van der Waals surface area contributed by atoms with E-state index in [4.69, 9.17) is 4.74 Å². The Hall–Kier alpha value is -2.89. The number of carbonyl (C=O) groups is 2. The van der Waals surface area contributed by atoms with Crippen LogP contribution in [-0.4, -0.2) is 47.9 Å². The van der Waals surface area contributed by atoms with E-state index in [1.54, 1.807) is 11.1 Å². The first-order chi connectivity index (χ1) is 13.5. The summed E-state index contributed by atoms with van der Waals surface area (Å²) in [5, 5.41) is 0. The van der Waals surface area contributed by atoms with E-state index in [1.807, 2.05) is 43.3 Å². The molecule has 1 saturated heterocycles. The molecule has 6 nitrogen and oxygen atoms in total. The van der Waals surface area contributed by atoms with Crippen LogP contribution in [0.25, 0.3) is 11.1 Å². The summed E-state index contributed by atoms with van der Waals surface area (Å²) in [6, 6.07) is 8.15. The van der Waals surface area contributed by atoms with Crippen LogP contribution in [0.3, 0.4) is 0 Å². The number of benzene rings is 1. The summed E-state index contributed by atoms with van der Waals surface area (Å²) in [7, 11) is 1.82. The molecule has 0 aliphatic carbocycles. The van der Waals surface area contributed by atoms with E-state index in [0.29, 0.717) is 19.4 Å². The van der Waals surface area contributed by atoms with Gasteiger partial charge in [-0.3, -0.25) is 14.6 Å². The van der Waals surface area contributed by atoms with Crippen molar-refractivity contribution in [3.63, 3.8) is 0 Å². The summed E-state index contributed by atoms with van der Waals surface area (Å²) in [6.07, 6.45) is 6.24. The Kier molecular flexibility index (Phi) is 5.03. The maximum Gasteiger partial charge on any atom is 0.227 e. The van der Waals surface area contributed by atoms with Crippen molar-refractivity contribution in [2.45, 2.75) is 38.7 Å². The summed E-state index contributed by atoms with van der Waals surface area (Å²) in [4.78, 5) is 31.7. The third-order valence-corrected chi connectivity index (χ3v) is 5.57. The number of pyridine rings is 1. The fourth-order valence-electron chi connectivity index (χ4n) is 3.94. The molecule has 3 heterocycles. The van der Waals surface area contributed by atoms with Gasteiger partial charge in [0, 0.05) is 50.3 Å². The Balaban J connectivity index is 1.50. The van der Waals surface area contributed by atoms with Crippen LogP contribution >= 0.6 is 0 Å². The maximum absolute atomic E-state index is 11.9. The molecule has 1 aromatic heterocycles. The van der Waals surface area contributed by atoms with E-state index >= 15 is 0 Å². The molecule has 0 radical (unpaired) electrons. The number of likely N-dealkylation sites (tertiary alicyclic amines) is 1. The number of rotatable bonds is 4. The van der Waals surface area contributed by atoms with Crippen LogP contribution in [0.15, 0.2) is 36.7 Å². The molecule has 1 atom stereocenters. The van der Waals surface area contributed by atoms with E-state index < -0.39 is 0 Å². The van der Waals surface area contributed by atoms with Crippen LogP contribution in [0, 0.1) is 0 Å². The number of carbonyl (C=O) groups excluding carboxylic acids is 2. The van der Waals surface area contributed by atoms with Gasteiger partial charge in [0.05, 0.1) is 12.7 Å². The second-order valence-corrected chi connectivity index (χ2v) is 7.43. The minimum atomic E-state index is 0.00995. The van der Waals surface area contributed by atoms with Crippen molar-refractivity contribution in [3.05, 3.63) is 42.2 Å². The van der Waals surface area contributed by atoms with E-state index in [-0.39, 0.29) is 17.9 Å². The average Bonchev–Trinajstić information content (AvgIpc) is 3.18. The van der Waals surface area contributed by atoms with E-state index in [1.165, 1.54) is 5.56 Å². The van der Waals surface area contributed by atoms with Crippen LogP contribution in [0.5, 0.6) is 5.75 Å². The predicted octanol–water partition coefficient (Wildman–Crippen LogP) is 3.05. The number of hydrogen-bond acceptors (Lipinski definition) is 4. The molecule has 0 spiro atoms. The summed E-state index contributed by atoms with van der Waals surface area (Å²) in [5.74, 6) is 1.05. The number of hydrogen-bond donors (Lipinski definition) is 0. The van der Waals surface area contributed by atoms with E-state index in [9.17, 15) is 9.59 Å². The van der Waals surface area contributed by atoms with Crippen molar-refractivity contribution in [1.82, 2.24) is 9.88 Å². The quantitative estimate of drug-likeness (QED) is 0.819. The molecule has 0 unspecified atom stereocenters. The number of anilines is 1. The molecule has 6 heteroatoms. The Morgan fingerprint density at radius 3 is 2.89 bits per heavy atom. The third kappa shape index (κ3) is 3.59. The van der Waals surface area contributed by atoms with E-state index in [0.717, 1.165) is 42.0 Å². The Morgan fingerprint density at radius 2 is 2.07 bits per heavy atom. The molecule has 2 amide bonds. The summed E-state index contributed by atoms with van der Waals surface area (Å²) in [5.41, 5.74) is 4.20. The summed E-state index contributed by atoms with van der Waals surface area (Å²) in [6.45, 7) is 3.27. The van der Waals surface area contributed by atoms with Crippen molar-refractivity contribution < 1.29 is 14.3 Å². The highest BCUT2D eigenvalue weighted by Gasteiger charge is 2.27. The van der Waals surface area contributed by atoms with Gasteiger partial charge in [-0.05, 0) is 35.7 Å². The first kappa shape index (κ1) is 18.5. The van der Waals surface area contributed by atoms with Gasteiger partial charge < -0.3 is 14.5 Å². The zero-order valence-electron chi connectivity index (χ0n) is 16.4. The molecular formula is C22H25N3O3. The minimum absolute atomic E-state index is 0.00995. The van der Waals surface area contributed by atoms with Crippen molar-refractivity contribution >= 4 is 17.5 Å². The maximum atomic E-state index is 11.9. The Morgan fingerprint density at radius 1 is 1.21 bits per heavy atom. The SMILES string of the molecule is CCC(=O)N1CC[C@@H](Oc2cncc(-c3ccc4c(c3)CCC(=O)N4C)c2)C1. The molecule has 28 heavy (non-hydrogen) atoms. The van der Waals surface area contributed by atoms with Crippen LogP contribution in [0.2, 0.25) is 0 Å². The molecule has 4 rings (SSSR count). The lowest BCUT2D eigenvalue weighted by molar-refractivity contribution is -0.130.